The van der Waals surface area contributed by atoms with Gasteiger partial charge in [-0.05, 0) is 54.1 Å². The van der Waals surface area contributed by atoms with Gasteiger partial charge < -0.3 is 5.11 Å². The Balaban J connectivity index is 2.10. The van der Waals surface area contributed by atoms with Crippen LogP contribution in [-0.2, 0) is 16.6 Å². The first-order valence-electron chi connectivity index (χ1n) is 8.09. The number of carboxylic acids is 1. The van der Waals surface area contributed by atoms with E-state index in [4.69, 9.17) is 0 Å². The summed E-state index contributed by atoms with van der Waals surface area (Å²) in [5, 5.41) is 9.42. The lowest BCUT2D eigenvalue weighted by atomic mass is 9.72. The van der Waals surface area contributed by atoms with Gasteiger partial charge in [0.05, 0.1) is 5.92 Å². The van der Waals surface area contributed by atoms with Gasteiger partial charge in [0.15, 0.2) is 0 Å². The highest BCUT2D eigenvalue weighted by molar-refractivity contribution is 5.70. The Labute approximate surface area is 128 Å². The Morgan fingerprint density at radius 3 is 2.33 bits per heavy atom. The molecule has 0 radical (unpaired) electrons. The van der Waals surface area contributed by atoms with Crippen molar-refractivity contribution in [1.29, 1.82) is 0 Å². The van der Waals surface area contributed by atoms with Crippen molar-refractivity contribution >= 4 is 5.97 Å². The lowest BCUT2D eigenvalue weighted by Gasteiger charge is -2.32. The van der Waals surface area contributed by atoms with E-state index in [9.17, 15) is 9.90 Å². The fourth-order valence-corrected chi connectivity index (χ4v) is 3.49. The van der Waals surface area contributed by atoms with Gasteiger partial charge in [-0.3, -0.25) is 4.79 Å². The minimum Gasteiger partial charge on any atom is -0.481 e. The molecule has 1 aromatic carbocycles. The van der Waals surface area contributed by atoms with Gasteiger partial charge in [-0.1, -0.05) is 52.0 Å². The first-order valence-corrected chi connectivity index (χ1v) is 8.09. The van der Waals surface area contributed by atoms with E-state index in [1.165, 1.54) is 11.1 Å². The van der Waals surface area contributed by atoms with Gasteiger partial charge in [0.2, 0.25) is 0 Å². The average Bonchev–Trinajstić information content (AvgIpc) is 2.38. The molecular weight excluding hydrogens is 260 g/mol. The molecule has 0 aromatic heterocycles. The minimum absolute atomic E-state index is 0.163. The molecule has 3 atom stereocenters. The Morgan fingerprint density at radius 1 is 1.19 bits per heavy atom. The van der Waals surface area contributed by atoms with E-state index in [2.05, 4.69) is 52.0 Å². The Morgan fingerprint density at radius 2 is 1.81 bits per heavy atom. The maximum absolute atomic E-state index is 11.4. The molecule has 1 N–H and O–H groups in total. The van der Waals surface area contributed by atoms with Gasteiger partial charge >= 0.3 is 5.97 Å². The zero-order chi connectivity index (χ0) is 15.6. The van der Waals surface area contributed by atoms with Crippen molar-refractivity contribution < 1.29 is 9.90 Å². The SMILES string of the molecule is CC1CCC(C(=O)O)C(Cc2ccc(C(C)(C)C)cc2)C1. The summed E-state index contributed by atoms with van der Waals surface area (Å²) in [7, 11) is 0. The predicted octanol–water partition coefficient (Wildman–Crippen LogP) is 4.66. The molecule has 0 heterocycles. The first kappa shape index (κ1) is 16.1. The van der Waals surface area contributed by atoms with Crippen molar-refractivity contribution in [1.82, 2.24) is 0 Å². The van der Waals surface area contributed by atoms with Gasteiger partial charge in [-0.25, -0.2) is 0 Å². The molecule has 0 bridgehead atoms. The quantitative estimate of drug-likeness (QED) is 0.878. The fraction of sp³-hybridized carbons (Fsp3) is 0.632. The summed E-state index contributed by atoms with van der Waals surface area (Å²) in [6.07, 6.45) is 3.82. The second kappa shape index (κ2) is 6.21. The van der Waals surface area contributed by atoms with Crippen LogP contribution in [0.3, 0.4) is 0 Å². The topological polar surface area (TPSA) is 37.3 Å². The molecular formula is C19H28O2. The van der Waals surface area contributed by atoms with E-state index in [0.717, 1.165) is 25.7 Å². The van der Waals surface area contributed by atoms with Crippen molar-refractivity contribution in [2.75, 3.05) is 0 Å². The molecule has 116 valence electrons. The van der Waals surface area contributed by atoms with Crippen LogP contribution in [0.25, 0.3) is 0 Å². The second-order valence-corrected chi connectivity index (χ2v) is 7.77. The molecule has 0 aliphatic heterocycles. The van der Waals surface area contributed by atoms with Crippen LogP contribution in [0.15, 0.2) is 24.3 Å². The number of aliphatic carboxylic acids is 1. The number of hydrogen-bond donors (Lipinski definition) is 1. The van der Waals surface area contributed by atoms with Crippen molar-refractivity contribution in [2.45, 2.75) is 58.8 Å². The number of hydrogen-bond acceptors (Lipinski definition) is 1. The molecule has 2 heteroatoms. The van der Waals surface area contributed by atoms with Gasteiger partial charge in [0.25, 0.3) is 0 Å². The zero-order valence-corrected chi connectivity index (χ0v) is 13.7. The van der Waals surface area contributed by atoms with Crippen LogP contribution in [0.1, 0.15) is 58.1 Å². The van der Waals surface area contributed by atoms with E-state index in [1.54, 1.807) is 0 Å². The average molecular weight is 288 g/mol. The highest BCUT2D eigenvalue weighted by Gasteiger charge is 2.33. The molecule has 1 aliphatic rings. The summed E-state index contributed by atoms with van der Waals surface area (Å²) >= 11 is 0. The standard InChI is InChI=1S/C19H28O2/c1-13-5-10-17(18(20)21)15(11-13)12-14-6-8-16(9-7-14)19(2,3)4/h6-9,13,15,17H,5,10-12H2,1-4H3,(H,20,21). The second-order valence-electron chi connectivity index (χ2n) is 7.77. The lowest BCUT2D eigenvalue weighted by molar-refractivity contribution is -0.145. The fourth-order valence-electron chi connectivity index (χ4n) is 3.49. The molecule has 0 amide bonds. The predicted molar refractivity (Wildman–Crippen MR) is 86.5 cm³/mol. The number of benzene rings is 1. The van der Waals surface area contributed by atoms with Crippen LogP contribution in [0.5, 0.6) is 0 Å². The summed E-state index contributed by atoms with van der Waals surface area (Å²) < 4.78 is 0. The third-order valence-electron chi connectivity index (χ3n) is 4.88. The van der Waals surface area contributed by atoms with Crippen LogP contribution >= 0.6 is 0 Å². The Bertz CT molecular complexity index is 481. The van der Waals surface area contributed by atoms with E-state index < -0.39 is 5.97 Å². The summed E-state index contributed by atoms with van der Waals surface area (Å²) in [6, 6.07) is 8.74. The zero-order valence-electron chi connectivity index (χ0n) is 13.7. The molecule has 0 saturated heterocycles. The molecule has 0 spiro atoms. The molecule has 1 aliphatic carbocycles. The number of carbonyl (C=O) groups is 1. The van der Waals surface area contributed by atoms with E-state index in [-0.39, 0.29) is 17.3 Å². The third-order valence-corrected chi connectivity index (χ3v) is 4.88. The van der Waals surface area contributed by atoms with Crippen LogP contribution < -0.4 is 0 Å². The maximum atomic E-state index is 11.4. The summed E-state index contributed by atoms with van der Waals surface area (Å²) in [5.74, 6) is 0.160. The molecule has 21 heavy (non-hydrogen) atoms. The monoisotopic (exact) mass is 288 g/mol. The Hall–Kier alpha value is -1.31. The van der Waals surface area contributed by atoms with E-state index >= 15 is 0 Å². The van der Waals surface area contributed by atoms with Crippen LogP contribution in [0.4, 0.5) is 0 Å². The molecule has 1 aromatic rings. The minimum atomic E-state index is -0.613. The largest absolute Gasteiger partial charge is 0.481 e. The number of carboxylic acid groups (broad SMARTS) is 1. The van der Waals surface area contributed by atoms with Crippen LogP contribution in [0, 0.1) is 17.8 Å². The molecule has 3 unspecified atom stereocenters. The van der Waals surface area contributed by atoms with Gasteiger partial charge in [0.1, 0.15) is 0 Å². The van der Waals surface area contributed by atoms with Crippen molar-refractivity contribution in [3.05, 3.63) is 35.4 Å². The van der Waals surface area contributed by atoms with Crippen LogP contribution in [-0.4, -0.2) is 11.1 Å². The lowest BCUT2D eigenvalue weighted by Crippen LogP contribution is -2.31. The highest BCUT2D eigenvalue weighted by atomic mass is 16.4. The van der Waals surface area contributed by atoms with Crippen LogP contribution in [0.2, 0.25) is 0 Å². The van der Waals surface area contributed by atoms with Gasteiger partial charge in [-0.2, -0.15) is 0 Å². The maximum Gasteiger partial charge on any atom is 0.306 e. The van der Waals surface area contributed by atoms with E-state index in [0.29, 0.717) is 5.92 Å². The van der Waals surface area contributed by atoms with Gasteiger partial charge in [0, 0.05) is 0 Å². The van der Waals surface area contributed by atoms with Crippen molar-refractivity contribution in [2.24, 2.45) is 17.8 Å². The molecule has 1 fully saturated rings. The first-order chi connectivity index (χ1) is 9.77. The third kappa shape index (κ3) is 4.09. The molecule has 2 rings (SSSR count). The molecule has 2 nitrogen and oxygen atoms in total. The van der Waals surface area contributed by atoms with Gasteiger partial charge in [-0.15, -0.1) is 0 Å². The van der Waals surface area contributed by atoms with Crippen molar-refractivity contribution in [3.63, 3.8) is 0 Å². The Kier molecular flexibility index (Phi) is 4.75. The smallest absolute Gasteiger partial charge is 0.306 e. The van der Waals surface area contributed by atoms with E-state index in [1.807, 2.05) is 0 Å². The summed E-state index contributed by atoms with van der Waals surface area (Å²) in [4.78, 5) is 11.4. The highest BCUT2D eigenvalue weighted by Crippen LogP contribution is 2.36. The normalized spacial score (nSPS) is 26.6. The van der Waals surface area contributed by atoms with Crippen molar-refractivity contribution in [3.8, 4) is 0 Å². The summed E-state index contributed by atoms with van der Waals surface area (Å²) in [6.45, 7) is 8.88. The summed E-state index contributed by atoms with van der Waals surface area (Å²) in [5.41, 5.74) is 2.77. The number of rotatable bonds is 3. The molecule has 1 saturated carbocycles.